The maximum Gasteiger partial charge on any atom is 0.335 e. The molecular formula is C17H28O3Si. The fourth-order valence-corrected chi connectivity index (χ4v) is 3.69. The highest BCUT2D eigenvalue weighted by molar-refractivity contribution is 6.74. The topological polar surface area (TPSA) is 46.5 Å². The van der Waals surface area contributed by atoms with Gasteiger partial charge in [-0.2, -0.15) is 0 Å². The van der Waals surface area contributed by atoms with Gasteiger partial charge in [0.1, 0.15) is 0 Å². The standard InChI is InChI=1S/C17H28O3Si/c1-13(14-11-9-8-10-12-14)17(5,15(18)19)20-21(6,7)16(2,3)4/h8-13H,1-7H3,(H,18,19). The van der Waals surface area contributed by atoms with Gasteiger partial charge < -0.3 is 9.53 Å². The summed E-state index contributed by atoms with van der Waals surface area (Å²) in [6, 6.07) is 9.71. The van der Waals surface area contributed by atoms with Gasteiger partial charge in [0.25, 0.3) is 0 Å². The third kappa shape index (κ3) is 3.74. The Morgan fingerprint density at radius 2 is 1.62 bits per heavy atom. The molecule has 1 N–H and O–H groups in total. The van der Waals surface area contributed by atoms with Crippen LogP contribution in [-0.4, -0.2) is 25.0 Å². The molecule has 1 aromatic rings. The zero-order valence-electron chi connectivity index (χ0n) is 14.2. The van der Waals surface area contributed by atoms with E-state index in [-0.39, 0.29) is 11.0 Å². The molecule has 0 aliphatic carbocycles. The summed E-state index contributed by atoms with van der Waals surface area (Å²) in [5, 5.41) is 9.76. The molecule has 0 spiro atoms. The predicted molar refractivity (Wildman–Crippen MR) is 89.2 cm³/mol. The SMILES string of the molecule is CC(c1ccccc1)C(C)(O[Si](C)(C)C(C)(C)C)C(=O)O. The van der Waals surface area contributed by atoms with Crippen molar-refractivity contribution in [3.05, 3.63) is 35.9 Å². The lowest BCUT2D eigenvalue weighted by Crippen LogP contribution is -2.54. The predicted octanol–water partition coefficient (Wildman–Crippen LogP) is 4.66. The van der Waals surface area contributed by atoms with Crippen LogP contribution in [0.3, 0.4) is 0 Å². The first-order valence-corrected chi connectivity index (χ1v) is 10.3. The van der Waals surface area contributed by atoms with Crippen LogP contribution < -0.4 is 0 Å². The Morgan fingerprint density at radius 1 is 1.14 bits per heavy atom. The van der Waals surface area contributed by atoms with Crippen molar-refractivity contribution < 1.29 is 14.3 Å². The minimum atomic E-state index is -2.18. The Balaban J connectivity index is 3.19. The van der Waals surface area contributed by atoms with Crippen molar-refractivity contribution in [2.75, 3.05) is 0 Å². The normalized spacial score (nSPS) is 17.1. The van der Waals surface area contributed by atoms with E-state index in [1.54, 1.807) is 6.92 Å². The van der Waals surface area contributed by atoms with Gasteiger partial charge in [-0.3, -0.25) is 0 Å². The summed E-state index contributed by atoms with van der Waals surface area (Å²) in [6.07, 6.45) is 0. The Labute approximate surface area is 129 Å². The molecule has 0 amide bonds. The molecule has 1 aromatic carbocycles. The number of rotatable bonds is 5. The molecule has 0 radical (unpaired) electrons. The summed E-state index contributed by atoms with van der Waals surface area (Å²) in [6.45, 7) is 14.2. The van der Waals surface area contributed by atoms with Crippen LogP contribution >= 0.6 is 0 Å². The molecule has 0 saturated heterocycles. The lowest BCUT2D eigenvalue weighted by atomic mass is 9.85. The van der Waals surface area contributed by atoms with Gasteiger partial charge in [-0.1, -0.05) is 58.0 Å². The summed E-state index contributed by atoms with van der Waals surface area (Å²) < 4.78 is 6.31. The number of benzene rings is 1. The Morgan fingerprint density at radius 3 is 2.00 bits per heavy atom. The maximum absolute atomic E-state index is 11.9. The minimum Gasteiger partial charge on any atom is -0.479 e. The van der Waals surface area contributed by atoms with E-state index in [2.05, 4.69) is 33.9 Å². The molecule has 0 aliphatic heterocycles. The minimum absolute atomic E-state index is 0.0277. The molecule has 21 heavy (non-hydrogen) atoms. The monoisotopic (exact) mass is 308 g/mol. The van der Waals surface area contributed by atoms with E-state index in [1.165, 1.54) is 0 Å². The van der Waals surface area contributed by atoms with Crippen LogP contribution in [0.25, 0.3) is 0 Å². The highest BCUT2D eigenvalue weighted by Gasteiger charge is 2.49. The zero-order valence-corrected chi connectivity index (χ0v) is 15.2. The number of aliphatic carboxylic acids is 1. The van der Waals surface area contributed by atoms with Crippen molar-refractivity contribution in [2.45, 2.75) is 64.3 Å². The van der Waals surface area contributed by atoms with Crippen LogP contribution in [0.5, 0.6) is 0 Å². The van der Waals surface area contributed by atoms with E-state index in [9.17, 15) is 9.90 Å². The molecule has 0 heterocycles. The average molecular weight is 308 g/mol. The van der Waals surface area contributed by atoms with E-state index < -0.39 is 19.9 Å². The first-order chi connectivity index (χ1) is 9.42. The molecule has 2 atom stereocenters. The highest BCUT2D eigenvalue weighted by Crippen LogP contribution is 2.42. The number of hydrogen-bond donors (Lipinski definition) is 1. The molecule has 1 rings (SSSR count). The summed E-state index contributed by atoms with van der Waals surface area (Å²) in [7, 11) is -2.18. The van der Waals surface area contributed by atoms with Gasteiger partial charge in [0.05, 0.1) is 0 Å². The quantitative estimate of drug-likeness (QED) is 0.805. The van der Waals surface area contributed by atoms with E-state index >= 15 is 0 Å². The molecule has 3 nitrogen and oxygen atoms in total. The Kier molecular flexibility index (Phi) is 5.06. The van der Waals surface area contributed by atoms with Crippen molar-refractivity contribution in [1.82, 2.24) is 0 Å². The molecule has 118 valence electrons. The number of carbonyl (C=O) groups is 1. The fraction of sp³-hybridized carbons (Fsp3) is 0.588. The highest BCUT2D eigenvalue weighted by atomic mass is 28.4. The molecule has 0 aromatic heterocycles. The molecule has 0 saturated carbocycles. The molecule has 2 unspecified atom stereocenters. The van der Waals surface area contributed by atoms with Crippen molar-refractivity contribution in [3.8, 4) is 0 Å². The van der Waals surface area contributed by atoms with Crippen LogP contribution in [-0.2, 0) is 9.22 Å². The summed E-state index contributed by atoms with van der Waals surface area (Å²) >= 11 is 0. The van der Waals surface area contributed by atoms with E-state index in [0.717, 1.165) is 5.56 Å². The maximum atomic E-state index is 11.9. The van der Waals surface area contributed by atoms with Gasteiger partial charge in [-0.05, 0) is 30.6 Å². The average Bonchev–Trinajstić information content (AvgIpc) is 2.36. The van der Waals surface area contributed by atoms with Gasteiger partial charge in [0, 0.05) is 5.92 Å². The van der Waals surface area contributed by atoms with Gasteiger partial charge in [-0.25, -0.2) is 4.79 Å². The Bertz CT molecular complexity index is 491. The van der Waals surface area contributed by atoms with E-state index in [0.29, 0.717) is 0 Å². The molecule has 0 bridgehead atoms. The fourth-order valence-electron chi connectivity index (χ4n) is 2.06. The van der Waals surface area contributed by atoms with Gasteiger partial charge in [0.15, 0.2) is 13.9 Å². The number of hydrogen-bond acceptors (Lipinski definition) is 2. The first kappa shape index (κ1) is 17.9. The van der Waals surface area contributed by atoms with E-state index in [1.807, 2.05) is 37.3 Å². The van der Waals surface area contributed by atoms with Crippen molar-refractivity contribution in [1.29, 1.82) is 0 Å². The van der Waals surface area contributed by atoms with Gasteiger partial charge >= 0.3 is 5.97 Å². The van der Waals surface area contributed by atoms with Crippen molar-refractivity contribution in [2.24, 2.45) is 0 Å². The van der Waals surface area contributed by atoms with Crippen LogP contribution in [0.2, 0.25) is 18.1 Å². The summed E-state index contributed by atoms with van der Waals surface area (Å²) in [4.78, 5) is 11.9. The largest absolute Gasteiger partial charge is 0.479 e. The Hall–Kier alpha value is -1.13. The second kappa shape index (κ2) is 5.93. The summed E-state index contributed by atoms with van der Waals surface area (Å²) in [5.74, 6) is -1.12. The van der Waals surface area contributed by atoms with Crippen LogP contribution in [0, 0.1) is 0 Å². The first-order valence-electron chi connectivity index (χ1n) is 7.40. The second-order valence-corrected chi connectivity index (χ2v) is 12.1. The van der Waals surface area contributed by atoms with Gasteiger partial charge in [0.2, 0.25) is 0 Å². The summed E-state index contributed by atoms with van der Waals surface area (Å²) in [5.41, 5.74) is -0.231. The smallest absolute Gasteiger partial charge is 0.335 e. The third-order valence-electron chi connectivity index (χ3n) is 4.82. The lowest BCUT2D eigenvalue weighted by Gasteiger charge is -2.44. The lowest BCUT2D eigenvalue weighted by molar-refractivity contribution is -0.156. The van der Waals surface area contributed by atoms with Crippen molar-refractivity contribution in [3.63, 3.8) is 0 Å². The van der Waals surface area contributed by atoms with E-state index in [4.69, 9.17) is 4.43 Å². The van der Waals surface area contributed by atoms with Crippen molar-refractivity contribution >= 4 is 14.3 Å². The van der Waals surface area contributed by atoms with Crippen LogP contribution in [0.1, 0.15) is 46.1 Å². The molecule has 4 heteroatoms. The molecule has 0 fully saturated rings. The molecular weight excluding hydrogens is 280 g/mol. The van der Waals surface area contributed by atoms with Gasteiger partial charge in [-0.15, -0.1) is 0 Å². The van der Waals surface area contributed by atoms with Crippen LogP contribution in [0.15, 0.2) is 30.3 Å². The second-order valence-electron chi connectivity index (χ2n) is 7.41. The number of carboxylic acid groups (broad SMARTS) is 1. The third-order valence-corrected chi connectivity index (χ3v) is 9.37. The number of carboxylic acids is 1. The van der Waals surface area contributed by atoms with Crippen LogP contribution in [0.4, 0.5) is 0 Å². The molecule has 0 aliphatic rings. The zero-order chi connectivity index (χ0) is 16.5.